The molecule has 1 saturated heterocycles. The molecule has 0 radical (unpaired) electrons. The molecule has 0 amide bonds. The first-order chi connectivity index (χ1) is 14.5. The normalized spacial score (nSPS) is 22.5. The van der Waals surface area contributed by atoms with Gasteiger partial charge in [-0.05, 0) is 30.9 Å². The van der Waals surface area contributed by atoms with Crippen LogP contribution in [0.15, 0.2) is 36.9 Å². The van der Waals surface area contributed by atoms with Crippen molar-refractivity contribution < 1.29 is 14.6 Å². The Morgan fingerprint density at radius 2 is 2.17 bits per heavy atom. The molecule has 2 aromatic heterocycles. The van der Waals surface area contributed by atoms with Gasteiger partial charge in [-0.25, -0.2) is 9.97 Å². The topological polar surface area (TPSA) is 80.5 Å². The number of rotatable bonds is 7. The molecule has 1 aromatic carbocycles. The van der Waals surface area contributed by atoms with Gasteiger partial charge in [-0.15, -0.1) is 0 Å². The number of fused-ring (bicyclic) bond motifs is 2. The van der Waals surface area contributed by atoms with Crippen molar-refractivity contribution in [1.82, 2.24) is 14.5 Å². The number of ether oxygens (including phenoxy) is 1. The Kier molecular flexibility index (Phi) is 5.05. The number of halogens is 2. The molecule has 1 aliphatic carbocycles. The molecule has 3 atom stereocenters. The first-order valence-corrected chi connectivity index (χ1v) is 10.6. The summed E-state index contributed by atoms with van der Waals surface area (Å²) in [6.45, 7) is 0.686. The van der Waals surface area contributed by atoms with E-state index in [2.05, 4.69) is 16.0 Å². The summed E-state index contributed by atoms with van der Waals surface area (Å²) in [4.78, 5) is 22.1. The number of aliphatic carboxylic acids is 1. The predicted molar refractivity (Wildman–Crippen MR) is 115 cm³/mol. The number of piperidine rings is 1. The summed E-state index contributed by atoms with van der Waals surface area (Å²) in [5, 5.41) is 10.6. The highest BCUT2D eigenvalue weighted by molar-refractivity contribution is 6.45. The quantitative estimate of drug-likeness (QED) is 0.548. The molecule has 30 heavy (non-hydrogen) atoms. The number of anilines is 1. The average molecular weight is 447 g/mol. The van der Waals surface area contributed by atoms with E-state index >= 15 is 0 Å². The van der Waals surface area contributed by atoms with E-state index in [9.17, 15) is 4.79 Å². The smallest absolute Gasteiger partial charge is 0.305 e. The van der Waals surface area contributed by atoms with Gasteiger partial charge in [0.05, 0.1) is 53.3 Å². The van der Waals surface area contributed by atoms with Crippen molar-refractivity contribution in [1.29, 1.82) is 0 Å². The number of hydrogen-bond donors (Lipinski definition) is 1. The molecule has 1 saturated carbocycles. The van der Waals surface area contributed by atoms with Crippen molar-refractivity contribution in [2.45, 2.75) is 31.3 Å². The maximum atomic E-state index is 10.7. The fourth-order valence-corrected chi connectivity index (χ4v) is 4.75. The Morgan fingerprint density at radius 3 is 2.93 bits per heavy atom. The number of imidazole rings is 1. The molecule has 3 heterocycles. The van der Waals surface area contributed by atoms with Gasteiger partial charge in [0.2, 0.25) is 0 Å². The van der Waals surface area contributed by atoms with Crippen LogP contribution in [0, 0.1) is 5.92 Å². The van der Waals surface area contributed by atoms with Gasteiger partial charge in [0.15, 0.2) is 0 Å². The Labute approximate surface area is 183 Å². The second kappa shape index (κ2) is 7.72. The molecule has 2 aliphatic rings. The van der Waals surface area contributed by atoms with Crippen LogP contribution in [0.4, 0.5) is 5.82 Å². The van der Waals surface area contributed by atoms with Crippen molar-refractivity contribution in [3.05, 3.63) is 47.0 Å². The minimum absolute atomic E-state index is 0.00663. The van der Waals surface area contributed by atoms with Crippen molar-refractivity contribution in [2.24, 2.45) is 5.92 Å². The SMILES string of the molecule is O=C(O)CCOC[C@@H]1C[C@H]2CC2N1c1cc(-n2ccnc2)c2ccc(Cl)c(Cl)c2n1. The van der Waals surface area contributed by atoms with Crippen LogP contribution in [0.2, 0.25) is 10.0 Å². The van der Waals surface area contributed by atoms with Crippen LogP contribution < -0.4 is 4.90 Å². The fourth-order valence-electron chi connectivity index (χ4n) is 4.39. The van der Waals surface area contributed by atoms with Crippen molar-refractivity contribution >= 4 is 45.9 Å². The van der Waals surface area contributed by atoms with Gasteiger partial charge in [-0.3, -0.25) is 4.79 Å². The number of benzene rings is 1. The number of carboxylic acid groups (broad SMARTS) is 1. The van der Waals surface area contributed by atoms with E-state index in [1.54, 1.807) is 18.6 Å². The van der Waals surface area contributed by atoms with E-state index in [4.69, 9.17) is 38.0 Å². The molecule has 5 rings (SSSR count). The maximum Gasteiger partial charge on any atom is 0.305 e. The number of pyridine rings is 1. The second-order valence-electron chi connectivity index (χ2n) is 7.81. The Bertz CT molecular complexity index is 1110. The third-order valence-electron chi connectivity index (χ3n) is 5.87. The van der Waals surface area contributed by atoms with Gasteiger partial charge in [-0.2, -0.15) is 0 Å². The van der Waals surface area contributed by atoms with E-state index in [0.717, 1.165) is 29.7 Å². The van der Waals surface area contributed by atoms with Crippen LogP contribution in [0.25, 0.3) is 16.6 Å². The minimum atomic E-state index is -0.853. The van der Waals surface area contributed by atoms with Crippen LogP contribution in [0.1, 0.15) is 19.3 Å². The largest absolute Gasteiger partial charge is 0.481 e. The first-order valence-electron chi connectivity index (χ1n) is 9.88. The van der Waals surface area contributed by atoms with Gasteiger partial charge >= 0.3 is 5.97 Å². The molecule has 0 spiro atoms. The molecule has 3 aromatic rings. The van der Waals surface area contributed by atoms with Gasteiger partial charge in [-0.1, -0.05) is 23.2 Å². The molecule has 0 bridgehead atoms. The summed E-state index contributed by atoms with van der Waals surface area (Å²) in [7, 11) is 0. The van der Waals surface area contributed by atoms with E-state index in [1.807, 2.05) is 16.8 Å². The number of aromatic nitrogens is 3. The van der Waals surface area contributed by atoms with E-state index in [1.165, 1.54) is 0 Å². The molecule has 156 valence electrons. The summed E-state index contributed by atoms with van der Waals surface area (Å²) in [5.41, 5.74) is 1.58. The van der Waals surface area contributed by atoms with Crippen LogP contribution in [0.3, 0.4) is 0 Å². The summed E-state index contributed by atoms with van der Waals surface area (Å²) in [5.74, 6) is 0.600. The third kappa shape index (κ3) is 3.51. The molecular formula is C21H20Cl2N4O3. The summed E-state index contributed by atoms with van der Waals surface area (Å²) in [6, 6.07) is 6.34. The predicted octanol–water partition coefficient (Wildman–Crippen LogP) is 4.19. The average Bonchev–Trinajstić information content (AvgIpc) is 3.14. The minimum Gasteiger partial charge on any atom is -0.481 e. The lowest BCUT2D eigenvalue weighted by Gasteiger charge is -2.29. The van der Waals surface area contributed by atoms with E-state index in [0.29, 0.717) is 34.1 Å². The lowest BCUT2D eigenvalue weighted by molar-refractivity contribution is -0.138. The molecule has 7 nitrogen and oxygen atoms in total. The monoisotopic (exact) mass is 446 g/mol. The van der Waals surface area contributed by atoms with Crippen LogP contribution in [0.5, 0.6) is 0 Å². The van der Waals surface area contributed by atoms with E-state index in [-0.39, 0.29) is 19.1 Å². The Hall–Kier alpha value is -2.35. The molecule has 1 N–H and O–H groups in total. The zero-order chi connectivity index (χ0) is 20.8. The highest BCUT2D eigenvalue weighted by Crippen LogP contribution is 2.50. The van der Waals surface area contributed by atoms with Gasteiger partial charge in [0.1, 0.15) is 5.82 Å². The first kappa shape index (κ1) is 19.6. The number of carbonyl (C=O) groups is 1. The number of nitrogens with zero attached hydrogens (tertiary/aromatic N) is 4. The van der Waals surface area contributed by atoms with Gasteiger partial charge in [0, 0.05) is 29.9 Å². The Morgan fingerprint density at radius 1 is 1.30 bits per heavy atom. The van der Waals surface area contributed by atoms with Crippen LogP contribution in [-0.2, 0) is 9.53 Å². The molecule has 1 unspecified atom stereocenters. The third-order valence-corrected chi connectivity index (χ3v) is 6.66. The molecule has 2 fully saturated rings. The van der Waals surface area contributed by atoms with Crippen molar-refractivity contribution in [2.75, 3.05) is 18.1 Å². The number of hydrogen-bond acceptors (Lipinski definition) is 5. The summed E-state index contributed by atoms with van der Waals surface area (Å²) >= 11 is 12.8. The zero-order valence-corrected chi connectivity index (χ0v) is 17.6. The van der Waals surface area contributed by atoms with Gasteiger partial charge < -0.3 is 19.3 Å². The highest BCUT2D eigenvalue weighted by Gasteiger charge is 2.52. The molecular weight excluding hydrogens is 427 g/mol. The lowest BCUT2D eigenvalue weighted by Crippen LogP contribution is -2.37. The second-order valence-corrected chi connectivity index (χ2v) is 8.59. The fraction of sp³-hybridized carbons (Fsp3) is 0.381. The summed E-state index contributed by atoms with van der Waals surface area (Å²) < 4.78 is 7.61. The van der Waals surface area contributed by atoms with Crippen LogP contribution >= 0.6 is 23.2 Å². The zero-order valence-electron chi connectivity index (χ0n) is 16.0. The maximum absolute atomic E-state index is 10.7. The molecule has 9 heteroatoms. The summed E-state index contributed by atoms with van der Waals surface area (Å²) in [6.07, 6.45) is 7.52. The highest BCUT2D eigenvalue weighted by atomic mass is 35.5. The van der Waals surface area contributed by atoms with Crippen molar-refractivity contribution in [3.63, 3.8) is 0 Å². The lowest BCUT2D eigenvalue weighted by atomic mass is 10.1. The number of carboxylic acids is 1. The van der Waals surface area contributed by atoms with Crippen LogP contribution in [-0.4, -0.2) is 50.9 Å². The van der Waals surface area contributed by atoms with Crippen molar-refractivity contribution in [3.8, 4) is 5.69 Å². The van der Waals surface area contributed by atoms with Gasteiger partial charge in [0.25, 0.3) is 0 Å². The molecule has 1 aliphatic heterocycles. The standard InChI is InChI=1S/C21H20Cl2N4O3/c22-15-2-1-14-17(26-5-4-24-11-26)9-18(25-21(14)20(15)23)27-13(7-12-8-16(12)27)10-30-6-3-19(28)29/h1-2,4-5,9,11-13,16H,3,6-8,10H2,(H,28,29)/t12-,13-,16?/m0/s1. The Balaban J connectivity index is 1.53. The van der Waals surface area contributed by atoms with E-state index < -0.39 is 5.97 Å².